The number of hydrogen-bond donors (Lipinski definition) is 0. The predicted molar refractivity (Wildman–Crippen MR) is 374 cm³/mol. The first-order valence-corrected chi connectivity index (χ1v) is 37.0. The minimum Gasteiger partial charge on any atom is -0.250 e. The van der Waals surface area contributed by atoms with E-state index in [2.05, 4.69) is 112 Å². The molecule has 0 saturated carbocycles. The first-order chi connectivity index (χ1) is 41.2. The summed E-state index contributed by atoms with van der Waals surface area (Å²) in [5.41, 5.74) is 6.55. The molecule has 0 aromatic heterocycles. The van der Waals surface area contributed by atoms with Crippen molar-refractivity contribution < 1.29 is 16.5 Å². The van der Waals surface area contributed by atoms with Crippen LogP contribution in [-0.4, -0.2) is 11.4 Å². The van der Waals surface area contributed by atoms with Crippen molar-refractivity contribution in [2.75, 3.05) is 0 Å². The molecule has 0 radical (unpaired) electrons. The van der Waals surface area contributed by atoms with Crippen LogP contribution < -0.4 is 0 Å². The second-order valence-corrected chi connectivity index (χ2v) is 25.2. The summed E-state index contributed by atoms with van der Waals surface area (Å²) in [6.45, 7) is 9.17. The zero-order chi connectivity index (χ0) is 59.1. The van der Waals surface area contributed by atoms with Crippen LogP contribution in [-0.2, 0) is 29.3 Å². The van der Waals surface area contributed by atoms with Gasteiger partial charge in [0, 0.05) is 48.6 Å². The molecule has 2 aromatic rings. The van der Waals surface area contributed by atoms with E-state index in [0.29, 0.717) is 0 Å². The normalized spacial score (nSPS) is 11.4. The smallest absolute Gasteiger partial charge is 0.135 e. The number of aryl methyl sites for hydroxylation is 2. The van der Waals surface area contributed by atoms with Gasteiger partial charge in [-0.2, -0.15) is 0 Å². The average Bonchev–Trinajstić information content (AvgIpc) is 3.51. The van der Waals surface area contributed by atoms with Crippen molar-refractivity contribution in [3.8, 4) is 35.5 Å². The van der Waals surface area contributed by atoms with Crippen LogP contribution in [0.15, 0.2) is 58.5 Å². The third-order valence-electron chi connectivity index (χ3n) is 17.2. The van der Waals surface area contributed by atoms with Gasteiger partial charge in [-0.05, 0) is 87.0 Å². The standard InChI is InChI=1S/C81H134N2.Ni/c1-5-9-13-16-19-21-23-25-27-29-31-33-35-37-39-41-43-45-47-49-51-53-56-58-61-68-76-70-64-66-73-78(76)82-80(72-12-8-4)81(75-63-60-55-18-15-11-7-3)83-79-74-67-65-71-77(79)69-62-59-57-54-52-50-48-46-44-42-40-38-36-34-32-30-28-26-24-22-20-17-14-10-6-2;/h64-67,70-71,73-74H,5-52,55,58-62,68-69,72H2,1-4H3;. The zero-order valence-corrected chi connectivity index (χ0v) is 57.1. The minimum atomic E-state index is 0. The van der Waals surface area contributed by atoms with Gasteiger partial charge in [0.2, 0.25) is 0 Å². The summed E-state index contributed by atoms with van der Waals surface area (Å²) in [6.07, 6.45) is 75.1. The van der Waals surface area contributed by atoms with Crippen molar-refractivity contribution in [2.45, 2.75) is 394 Å². The molecule has 0 spiro atoms. The molecule has 0 amide bonds. The van der Waals surface area contributed by atoms with Crippen molar-refractivity contribution in [1.29, 1.82) is 0 Å². The molecule has 0 N–H and O–H groups in total. The number of nitrogens with zero attached hydrogens (tertiary/aromatic N) is 2. The number of benzene rings is 2. The van der Waals surface area contributed by atoms with Crippen LogP contribution in [0.5, 0.6) is 0 Å². The van der Waals surface area contributed by atoms with E-state index in [1.807, 2.05) is 0 Å². The third kappa shape index (κ3) is 50.0. The second kappa shape index (κ2) is 64.4. The maximum atomic E-state index is 5.47. The zero-order valence-electron chi connectivity index (χ0n) is 56.1. The Morgan fingerprint density at radius 3 is 0.833 bits per heavy atom. The number of unbranched alkanes of at least 4 members (excludes halogenated alkanes) is 48. The van der Waals surface area contributed by atoms with E-state index in [4.69, 9.17) is 9.98 Å². The first-order valence-electron chi connectivity index (χ1n) is 37.0. The molecule has 0 atom stereocenters. The Labute approximate surface area is 535 Å². The molecule has 84 heavy (non-hydrogen) atoms. The molecule has 2 nitrogen and oxygen atoms in total. The van der Waals surface area contributed by atoms with Gasteiger partial charge in [0.15, 0.2) is 0 Å². The van der Waals surface area contributed by atoms with Gasteiger partial charge in [-0.15, -0.1) is 23.7 Å². The summed E-state index contributed by atoms with van der Waals surface area (Å²) in [5.74, 6) is 21.3. The van der Waals surface area contributed by atoms with Gasteiger partial charge in [-0.25, -0.2) is 4.99 Å². The SMILES string of the molecule is CCCCCCCC#CC(=Nc1ccccc1CCCC#CCCCCCCCCCCCCCCCCCCCCCC)C(CCCC)=Nc1ccccc1CCCC#CCCCCCCCCCCCCCCCCCCCCCC.[Ni]. The van der Waals surface area contributed by atoms with Gasteiger partial charge in [-0.1, -0.05) is 346 Å². The first kappa shape index (κ1) is 79.0. The fourth-order valence-electron chi connectivity index (χ4n) is 11.7. The van der Waals surface area contributed by atoms with E-state index in [-0.39, 0.29) is 16.5 Å². The van der Waals surface area contributed by atoms with Crippen LogP contribution in [0.25, 0.3) is 0 Å². The van der Waals surface area contributed by atoms with Gasteiger partial charge in [0.1, 0.15) is 5.71 Å². The second-order valence-electron chi connectivity index (χ2n) is 25.2. The van der Waals surface area contributed by atoms with Crippen LogP contribution in [0.3, 0.4) is 0 Å². The van der Waals surface area contributed by atoms with E-state index in [1.54, 1.807) is 0 Å². The summed E-state index contributed by atoms with van der Waals surface area (Å²) < 4.78 is 0. The van der Waals surface area contributed by atoms with E-state index in [9.17, 15) is 0 Å². The third-order valence-corrected chi connectivity index (χ3v) is 17.2. The molecule has 0 aliphatic heterocycles. The van der Waals surface area contributed by atoms with Crippen molar-refractivity contribution in [3.05, 3.63) is 59.7 Å². The maximum Gasteiger partial charge on any atom is 0.135 e. The Kier molecular flexibility index (Phi) is 60.6. The molecule has 0 bridgehead atoms. The Morgan fingerprint density at radius 1 is 0.274 bits per heavy atom. The Morgan fingerprint density at radius 2 is 0.524 bits per heavy atom. The maximum absolute atomic E-state index is 5.47. The summed E-state index contributed by atoms with van der Waals surface area (Å²) in [4.78, 5) is 10.9. The molecule has 0 saturated heterocycles. The predicted octanol–water partition coefficient (Wildman–Crippen LogP) is 27.2. The van der Waals surface area contributed by atoms with Crippen LogP contribution >= 0.6 is 0 Å². The molecule has 2 rings (SSSR count). The van der Waals surface area contributed by atoms with E-state index in [1.165, 1.54) is 294 Å². The van der Waals surface area contributed by atoms with Crippen molar-refractivity contribution in [2.24, 2.45) is 9.98 Å². The van der Waals surface area contributed by atoms with Crippen molar-refractivity contribution in [1.82, 2.24) is 0 Å². The molecular weight excluding hydrogens is 1060 g/mol. The topological polar surface area (TPSA) is 24.7 Å². The molecule has 0 fully saturated rings. The Bertz CT molecular complexity index is 1990. The molecule has 3 heteroatoms. The molecule has 0 aliphatic rings. The van der Waals surface area contributed by atoms with Gasteiger partial charge in [0.25, 0.3) is 0 Å². The summed E-state index contributed by atoms with van der Waals surface area (Å²) in [5, 5.41) is 0. The fraction of sp³-hybridized carbons (Fsp3) is 0.753. The number of rotatable bonds is 57. The summed E-state index contributed by atoms with van der Waals surface area (Å²) >= 11 is 0. The molecule has 2 aromatic carbocycles. The van der Waals surface area contributed by atoms with Crippen LogP contribution in [0, 0.1) is 35.5 Å². The van der Waals surface area contributed by atoms with Crippen molar-refractivity contribution >= 4 is 22.8 Å². The van der Waals surface area contributed by atoms with Crippen LogP contribution in [0.4, 0.5) is 11.4 Å². The van der Waals surface area contributed by atoms with Crippen LogP contribution in [0.1, 0.15) is 392 Å². The molecule has 478 valence electrons. The molecule has 0 aliphatic carbocycles. The average molecular weight is 1190 g/mol. The van der Waals surface area contributed by atoms with E-state index < -0.39 is 0 Å². The van der Waals surface area contributed by atoms with Gasteiger partial charge in [-0.3, -0.25) is 4.99 Å². The Balaban J connectivity index is 0.0000353. The summed E-state index contributed by atoms with van der Waals surface area (Å²) in [7, 11) is 0. The van der Waals surface area contributed by atoms with Crippen LogP contribution in [0.2, 0.25) is 0 Å². The number of hydrogen-bond acceptors (Lipinski definition) is 2. The monoisotopic (exact) mass is 1190 g/mol. The fourth-order valence-corrected chi connectivity index (χ4v) is 11.7. The van der Waals surface area contributed by atoms with Gasteiger partial charge >= 0.3 is 0 Å². The Hall–Kier alpha value is -3.05. The molecule has 0 unspecified atom stereocenters. The summed E-state index contributed by atoms with van der Waals surface area (Å²) in [6, 6.07) is 17.5. The minimum absolute atomic E-state index is 0. The van der Waals surface area contributed by atoms with Gasteiger partial charge < -0.3 is 0 Å². The molecular formula is C81H134N2Ni. The van der Waals surface area contributed by atoms with E-state index >= 15 is 0 Å². The van der Waals surface area contributed by atoms with Gasteiger partial charge in [0.05, 0.1) is 17.1 Å². The largest absolute Gasteiger partial charge is 0.250 e. The van der Waals surface area contributed by atoms with Crippen molar-refractivity contribution in [3.63, 3.8) is 0 Å². The number of aliphatic imine (C=N–C) groups is 2. The van der Waals surface area contributed by atoms with E-state index in [0.717, 1.165) is 106 Å². The quantitative estimate of drug-likeness (QED) is 0.0273. The number of para-hydroxylation sites is 2. The molecule has 0 heterocycles.